The zero-order valence-electron chi connectivity index (χ0n) is 19.2. The Morgan fingerprint density at radius 1 is 0.882 bits per heavy atom. The number of halogens is 2. The number of carbonyl (C=O) groups is 1. The van der Waals surface area contributed by atoms with Crippen molar-refractivity contribution in [2.24, 2.45) is 0 Å². The molecule has 0 unspecified atom stereocenters. The zero-order valence-corrected chi connectivity index (χ0v) is 20.7. The van der Waals surface area contributed by atoms with E-state index in [0.717, 1.165) is 22.4 Å². The SMILES string of the molecule is Cc1cccc(NC(=O)c2c(-c3cccc(Cl)c3)n(Cc3ccc(Cl)cc3)c(C)cc2=O)c1C. The molecule has 0 radical (unpaired) electrons. The lowest BCUT2D eigenvalue weighted by Gasteiger charge is -2.21. The maximum atomic E-state index is 13.6. The number of aromatic nitrogens is 1. The predicted octanol–water partition coefficient (Wildman–Crippen LogP) is 7.05. The molecule has 1 heterocycles. The molecule has 0 saturated heterocycles. The van der Waals surface area contributed by atoms with Gasteiger partial charge in [0.15, 0.2) is 5.43 Å². The highest BCUT2D eigenvalue weighted by atomic mass is 35.5. The summed E-state index contributed by atoms with van der Waals surface area (Å²) in [4.78, 5) is 26.8. The number of pyridine rings is 1. The highest BCUT2D eigenvalue weighted by Crippen LogP contribution is 2.28. The van der Waals surface area contributed by atoms with Gasteiger partial charge < -0.3 is 9.88 Å². The summed E-state index contributed by atoms with van der Waals surface area (Å²) in [5.41, 5.74) is 5.33. The summed E-state index contributed by atoms with van der Waals surface area (Å²) in [6.45, 7) is 6.23. The molecule has 172 valence electrons. The fourth-order valence-corrected chi connectivity index (χ4v) is 4.29. The van der Waals surface area contributed by atoms with Crippen molar-refractivity contribution in [3.8, 4) is 11.3 Å². The molecule has 0 fully saturated rings. The summed E-state index contributed by atoms with van der Waals surface area (Å²) in [5.74, 6) is -0.460. The lowest BCUT2D eigenvalue weighted by atomic mass is 10.0. The van der Waals surface area contributed by atoms with Gasteiger partial charge in [-0.25, -0.2) is 0 Å². The third-order valence-electron chi connectivity index (χ3n) is 5.95. The Hall–Kier alpha value is -3.34. The molecule has 0 aliphatic heterocycles. The van der Waals surface area contributed by atoms with E-state index in [9.17, 15) is 9.59 Å². The van der Waals surface area contributed by atoms with Gasteiger partial charge in [0, 0.05) is 39.6 Å². The summed E-state index contributed by atoms with van der Waals surface area (Å²) in [7, 11) is 0. The van der Waals surface area contributed by atoms with Gasteiger partial charge in [0.2, 0.25) is 0 Å². The Labute approximate surface area is 208 Å². The van der Waals surface area contributed by atoms with Crippen molar-refractivity contribution >= 4 is 34.8 Å². The lowest BCUT2D eigenvalue weighted by Crippen LogP contribution is -2.27. The first kappa shape index (κ1) is 23.8. The number of hydrogen-bond donors (Lipinski definition) is 1. The van der Waals surface area contributed by atoms with Gasteiger partial charge in [-0.05, 0) is 67.8 Å². The summed E-state index contributed by atoms with van der Waals surface area (Å²) in [5, 5.41) is 4.11. The average molecular weight is 491 g/mol. The number of aryl methyl sites for hydroxylation is 2. The van der Waals surface area contributed by atoms with E-state index >= 15 is 0 Å². The Kier molecular flexibility index (Phi) is 6.92. The first-order valence-corrected chi connectivity index (χ1v) is 11.6. The maximum absolute atomic E-state index is 13.6. The number of benzene rings is 3. The summed E-state index contributed by atoms with van der Waals surface area (Å²) < 4.78 is 1.97. The second-order valence-corrected chi connectivity index (χ2v) is 9.17. The molecule has 0 atom stereocenters. The monoisotopic (exact) mass is 490 g/mol. The van der Waals surface area contributed by atoms with Crippen LogP contribution in [0.25, 0.3) is 11.3 Å². The fraction of sp³-hybridized carbons (Fsp3) is 0.143. The quantitative estimate of drug-likeness (QED) is 0.325. The standard InChI is InChI=1S/C28H24Cl2N2O2/c1-17-6-4-9-24(19(17)3)31-28(34)26-25(33)14-18(2)32(16-20-10-12-22(29)13-11-20)27(26)21-7-5-8-23(30)15-21/h4-15H,16H2,1-3H3,(H,31,34). The summed E-state index contributed by atoms with van der Waals surface area (Å²) in [6, 6.07) is 21.9. The van der Waals surface area contributed by atoms with E-state index in [0.29, 0.717) is 33.5 Å². The molecule has 4 aromatic rings. The third-order valence-corrected chi connectivity index (χ3v) is 6.44. The minimum atomic E-state index is -0.460. The van der Waals surface area contributed by atoms with Crippen LogP contribution < -0.4 is 10.7 Å². The van der Waals surface area contributed by atoms with Crippen LogP contribution in [0.3, 0.4) is 0 Å². The van der Waals surface area contributed by atoms with Gasteiger partial charge in [-0.3, -0.25) is 9.59 Å². The van der Waals surface area contributed by atoms with Crippen LogP contribution in [-0.2, 0) is 6.54 Å². The van der Waals surface area contributed by atoms with Gasteiger partial charge in [-0.2, -0.15) is 0 Å². The van der Waals surface area contributed by atoms with Gasteiger partial charge in [0.05, 0.1) is 5.69 Å². The number of nitrogens with zero attached hydrogens (tertiary/aromatic N) is 1. The normalized spacial score (nSPS) is 10.9. The molecular weight excluding hydrogens is 467 g/mol. The van der Waals surface area contributed by atoms with Crippen molar-refractivity contribution in [1.82, 2.24) is 4.57 Å². The molecule has 1 N–H and O–H groups in total. The maximum Gasteiger partial charge on any atom is 0.261 e. The van der Waals surface area contributed by atoms with E-state index in [2.05, 4.69) is 5.32 Å². The van der Waals surface area contributed by atoms with Crippen LogP contribution >= 0.6 is 23.2 Å². The van der Waals surface area contributed by atoms with Crippen LogP contribution in [0.5, 0.6) is 0 Å². The molecule has 1 aromatic heterocycles. The van der Waals surface area contributed by atoms with E-state index in [4.69, 9.17) is 23.2 Å². The van der Waals surface area contributed by atoms with Gasteiger partial charge in [0.1, 0.15) is 5.56 Å². The molecular formula is C28H24Cl2N2O2. The van der Waals surface area contributed by atoms with Crippen LogP contribution in [0, 0.1) is 20.8 Å². The predicted molar refractivity (Wildman–Crippen MR) is 140 cm³/mol. The molecule has 3 aromatic carbocycles. The van der Waals surface area contributed by atoms with Crippen LogP contribution in [0.1, 0.15) is 32.7 Å². The molecule has 0 spiro atoms. The van der Waals surface area contributed by atoms with Crippen LogP contribution in [-0.4, -0.2) is 10.5 Å². The number of rotatable bonds is 5. The first-order valence-electron chi connectivity index (χ1n) is 10.9. The van der Waals surface area contributed by atoms with Crippen molar-refractivity contribution in [3.63, 3.8) is 0 Å². The number of nitrogens with one attached hydrogen (secondary N) is 1. The highest BCUT2D eigenvalue weighted by molar-refractivity contribution is 6.31. The molecule has 6 heteroatoms. The topological polar surface area (TPSA) is 51.1 Å². The molecule has 4 rings (SSSR count). The third kappa shape index (κ3) is 4.93. The van der Waals surface area contributed by atoms with Crippen molar-refractivity contribution in [1.29, 1.82) is 0 Å². The first-order chi connectivity index (χ1) is 16.2. The molecule has 0 aliphatic rings. The van der Waals surface area contributed by atoms with Gasteiger partial charge in [-0.1, -0.05) is 59.6 Å². The van der Waals surface area contributed by atoms with Crippen molar-refractivity contribution in [2.45, 2.75) is 27.3 Å². The van der Waals surface area contributed by atoms with Crippen LogP contribution in [0.4, 0.5) is 5.69 Å². The molecule has 1 amide bonds. The Balaban J connectivity index is 1.91. The molecule has 0 saturated carbocycles. The largest absolute Gasteiger partial charge is 0.340 e. The van der Waals surface area contributed by atoms with Crippen molar-refractivity contribution in [3.05, 3.63) is 121 Å². The molecule has 34 heavy (non-hydrogen) atoms. The highest BCUT2D eigenvalue weighted by Gasteiger charge is 2.23. The smallest absolute Gasteiger partial charge is 0.261 e. The van der Waals surface area contributed by atoms with E-state index < -0.39 is 5.91 Å². The molecule has 0 aliphatic carbocycles. The Morgan fingerprint density at radius 3 is 2.29 bits per heavy atom. The minimum absolute atomic E-state index is 0.0720. The van der Waals surface area contributed by atoms with E-state index in [-0.39, 0.29) is 11.0 Å². The fourth-order valence-electron chi connectivity index (χ4n) is 3.97. The second kappa shape index (κ2) is 9.88. The zero-order chi connectivity index (χ0) is 24.4. The summed E-state index contributed by atoms with van der Waals surface area (Å²) in [6.07, 6.45) is 0. The number of carbonyl (C=O) groups excluding carboxylic acids is 1. The van der Waals surface area contributed by atoms with Crippen LogP contribution in [0.15, 0.2) is 77.6 Å². The Bertz CT molecular complexity index is 1440. The van der Waals surface area contributed by atoms with Gasteiger partial charge in [-0.15, -0.1) is 0 Å². The number of anilines is 1. The average Bonchev–Trinajstić information content (AvgIpc) is 2.79. The van der Waals surface area contributed by atoms with E-state index in [1.807, 2.05) is 79.9 Å². The Morgan fingerprint density at radius 2 is 1.59 bits per heavy atom. The van der Waals surface area contributed by atoms with Gasteiger partial charge >= 0.3 is 0 Å². The van der Waals surface area contributed by atoms with E-state index in [1.165, 1.54) is 6.07 Å². The van der Waals surface area contributed by atoms with Gasteiger partial charge in [0.25, 0.3) is 5.91 Å². The lowest BCUT2D eigenvalue weighted by molar-refractivity contribution is 0.102. The minimum Gasteiger partial charge on any atom is -0.340 e. The molecule has 0 bridgehead atoms. The second-order valence-electron chi connectivity index (χ2n) is 8.30. The van der Waals surface area contributed by atoms with E-state index in [1.54, 1.807) is 12.1 Å². The molecule has 4 nitrogen and oxygen atoms in total. The van der Waals surface area contributed by atoms with Crippen LogP contribution in [0.2, 0.25) is 10.0 Å². The van der Waals surface area contributed by atoms with Crippen molar-refractivity contribution in [2.75, 3.05) is 5.32 Å². The summed E-state index contributed by atoms with van der Waals surface area (Å²) >= 11 is 12.4. The number of amides is 1. The van der Waals surface area contributed by atoms with Crippen molar-refractivity contribution < 1.29 is 4.79 Å². The number of hydrogen-bond acceptors (Lipinski definition) is 2.